The number of carbonyl (C=O) groups excluding carboxylic acids is 1. The van der Waals surface area contributed by atoms with E-state index in [4.69, 9.17) is 27.9 Å². The summed E-state index contributed by atoms with van der Waals surface area (Å²) in [7, 11) is 0. The monoisotopic (exact) mass is 368 g/mol. The quantitative estimate of drug-likeness (QED) is 0.616. The van der Waals surface area contributed by atoms with Gasteiger partial charge in [-0.3, -0.25) is 14.9 Å². The fourth-order valence-electron chi connectivity index (χ4n) is 1.91. The highest BCUT2D eigenvalue weighted by Crippen LogP contribution is 2.27. The summed E-state index contributed by atoms with van der Waals surface area (Å²) in [5.41, 5.74) is 0.804. The number of hydrogen-bond donors (Lipinski definition) is 1. The molecule has 0 saturated carbocycles. The third kappa shape index (κ3) is 4.37. The van der Waals surface area contributed by atoms with Crippen LogP contribution in [0.4, 0.5) is 11.4 Å². The van der Waals surface area contributed by atoms with E-state index in [0.29, 0.717) is 10.8 Å². The molecule has 0 radical (unpaired) electrons. The summed E-state index contributed by atoms with van der Waals surface area (Å²) < 4.78 is 5.55. The highest BCUT2D eigenvalue weighted by Gasteiger charge is 2.18. The standard InChI is InChI=1S/C16H14Cl2N2O4/c1-9-7-12(4-6-13(9)17)24-10(2)16(21)19-15-8-11(20(22)23)3-5-14(15)18/h3-8,10H,1-2H3,(H,19,21)/t10-/m0/s1. The molecule has 2 aromatic rings. The number of aryl methyl sites for hydroxylation is 1. The van der Waals surface area contributed by atoms with Gasteiger partial charge in [-0.15, -0.1) is 0 Å². The fourth-order valence-corrected chi connectivity index (χ4v) is 2.19. The Morgan fingerprint density at radius 2 is 1.88 bits per heavy atom. The van der Waals surface area contributed by atoms with E-state index in [1.165, 1.54) is 18.2 Å². The van der Waals surface area contributed by atoms with Crippen molar-refractivity contribution in [2.45, 2.75) is 20.0 Å². The van der Waals surface area contributed by atoms with Crippen molar-refractivity contribution >= 4 is 40.5 Å². The van der Waals surface area contributed by atoms with Crippen LogP contribution in [0.1, 0.15) is 12.5 Å². The molecule has 2 rings (SSSR count). The number of hydrogen-bond acceptors (Lipinski definition) is 4. The Balaban J connectivity index is 2.10. The van der Waals surface area contributed by atoms with Crippen molar-refractivity contribution in [2.75, 3.05) is 5.32 Å². The van der Waals surface area contributed by atoms with Crippen molar-refractivity contribution in [3.63, 3.8) is 0 Å². The first-order valence-corrected chi connectivity index (χ1v) is 7.71. The molecule has 126 valence electrons. The maximum Gasteiger partial charge on any atom is 0.271 e. The zero-order chi connectivity index (χ0) is 17.9. The number of nitrogens with zero attached hydrogens (tertiary/aromatic N) is 1. The van der Waals surface area contributed by atoms with Gasteiger partial charge in [0.15, 0.2) is 6.10 Å². The van der Waals surface area contributed by atoms with E-state index >= 15 is 0 Å². The van der Waals surface area contributed by atoms with Crippen molar-refractivity contribution in [1.29, 1.82) is 0 Å². The molecule has 0 aliphatic heterocycles. The van der Waals surface area contributed by atoms with Gasteiger partial charge in [0.25, 0.3) is 11.6 Å². The van der Waals surface area contributed by atoms with Gasteiger partial charge in [0.05, 0.1) is 15.6 Å². The van der Waals surface area contributed by atoms with Gasteiger partial charge in [0, 0.05) is 17.2 Å². The van der Waals surface area contributed by atoms with Gasteiger partial charge in [-0.25, -0.2) is 0 Å². The minimum atomic E-state index is -0.832. The van der Waals surface area contributed by atoms with E-state index < -0.39 is 16.9 Å². The van der Waals surface area contributed by atoms with Crippen LogP contribution in [0.15, 0.2) is 36.4 Å². The Morgan fingerprint density at radius 3 is 2.50 bits per heavy atom. The van der Waals surface area contributed by atoms with E-state index in [1.807, 2.05) is 6.92 Å². The molecule has 6 nitrogen and oxygen atoms in total. The average molecular weight is 369 g/mol. The zero-order valence-corrected chi connectivity index (χ0v) is 14.4. The van der Waals surface area contributed by atoms with Crippen LogP contribution >= 0.6 is 23.2 Å². The SMILES string of the molecule is Cc1cc(O[C@@H](C)C(=O)Nc2cc([N+](=O)[O-])ccc2Cl)ccc1Cl. The van der Waals surface area contributed by atoms with E-state index in [2.05, 4.69) is 5.32 Å². The van der Waals surface area contributed by atoms with Crippen molar-refractivity contribution in [1.82, 2.24) is 0 Å². The third-order valence-electron chi connectivity index (χ3n) is 3.23. The average Bonchev–Trinajstić information content (AvgIpc) is 2.52. The Morgan fingerprint density at radius 1 is 1.21 bits per heavy atom. The molecule has 0 unspecified atom stereocenters. The lowest BCUT2D eigenvalue weighted by Gasteiger charge is -2.16. The summed E-state index contributed by atoms with van der Waals surface area (Å²) >= 11 is 11.9. The van der Waals surface area contributed by atoms with Crippen molar-refractivity contribution in [3.8, 4) is 5.75 Å². The van der Waals surface area contributed by atoms with Crippen LogP contribution in [-0.2, 0) is 4.79 Å². The van der Waals surface area contributed by atoms with Gasteiger partial charge < -0.3 is 10.1 Å². The minimum absolute atomic E-state index is 0.151. The highest BCUT2D eigenvalue weighted by atomic mass is 35.5. The van der Waals surface area contributed by atoms with Gasteiger partial charge in [-0.2, -0.15) is 0 Å². The number of nitro benzene ring substituents is 1. The van der Waals surface area contributed by atoms with Gasteiger partial charge in [0.2, 0.25) is 0 Å². The molecular weight excluding hydrogens is 355 g/mol. The minimum Gasteiger partial charge on any atom is -0.481 e. The van der Waals surface area contributed by atoms with Gasteiger partial charge >= 0.3 is 0 Å². The number of carbonyl (C=O) groups is 1. The van der Waals surface area contributed by atoms with Crippen LogP contribution in [0.5, 0.6) is 5.75 Å². The molecule has 0 fully saturated rings. The number of benzene rings is 2. The lowest BCUT2D eigenvalue weighted by atomic mass is 10.2. The van der Waals surface area contributed by atoms with Crippen LogP contribution in [-0.4, -0.2) is 16.9 Å². The first-order chi connectivity index (χ1) is 11.3. The molecule has 1 atom stereocenters. The lowest BCUT2D eigenvalue weighted by Crippen LogP contribution is -2.30. The number of non-ortho nitro benzene ring substituents is 1. The van der Waals surface area contributed by atoms with Crippen LogP contribution in [0.25, 0.3) is 0 Å². The van der Waals surface area contributed by atoms with E-state index in [0.717, 1.165) is 5.56 Å². The number of rotatable bonds is 5. The molecule has 0 heterocycles. The zero-order valence-electron chi connectivity index (χ0n) is 12.9. The molecule has 0 spiro atoms. The Bertz CT molecular complexity index is 796. The number of nitro groups is 1. The Kier molecular flexibility index (Phi) is 5.64. The third-order valence-corrected chi connectivity index (χ3v) is 3.98. The molecule has 0 aromatic heterocycles. The fraction of sp³-hybridized carbons (Fsp3) is 0.188. The Labute approximate surface area is 148 Å². The summed E-state index contributed by atoms with van der Waals surface area (Å²) in [5.74, 6) is 0.00897. The van der Waals surface area contributed by atoms with E-state index in [1.54, 1.807) is 25.1 Å². The van der Waals surface area contributed by atoms with Gasteiger partial charge in [0.1, 0.15) is 5.75 Å². The van der Waals surface area contributed by atoms with Gasteiger partial charge in [-0.05, 0) is 43.7 Å². The second kappa shape index (κ2) is 7.51. The first-order valence-electron chi connectivity index (χ1n) is 6.95. The van der Waals surface area contributed by atoms with Crippen LogP contribution in [0.2, 0.25) is 10.0 Å². The molecular formula is C16H14Cl2N2O4. The van der Waals surface area contributed by atoms with Crippen molar-refractivity contribution < 1.29 is 14.5 Å². The maximum absolute atomic E-state index is 12.2. The predicted molar refractivity (Wildman–Crippen MR) is 93.0 cm³/mol. The molecule has 2 aromatic carbocycles. The summed E-state index contributed by atoms with van der Waals surface area (Å²) in [6.45, 7) is 3.38. The molecule has 1 N–H and O–H groups in total. The smallest absolute Gasteiger partial charge is 0.271 e. The Hall–Kier alpha value is -2.31. The first kappa shape index (κ1) is 18.0. The lowest BCUT2D eigenvalue weighted by molar-refractivity contribution is -0.384. The molecule has 0 bridgehead atoms. The number of nitrogens with one attached hydrogen (secondary N) is 1. The summed E-state index contributed by atoms with van der Waals surface area (Å²) in [5, 5.41) is 14.1. The van der Waals surface area contributed by atoms with E-state index in [9.17, 15) is 14.9 Å². The second-order valence-electron chi connectivity index (χ2n) is 5.08. The van der Waals surface area contributed by atoms with Crippen molar-refractivity contribution in [3.05, 3.63) is 62.1 Å². The molecule has 0 aliphatic carbocycles. The highest BCUT2D eigenvalue weighted by molar-refractivity contribution is 6.33. The molecule has 0 saturated heterocycles. The maximum atomic E-state index is 12.2. The molecule has 8 heteroatoms. The van der Waals surface area contributed by atoms with E-state index in [-0.39, 0.29) is 16.4 Å². The van der Waals surface area contributed by atoms with Crippen LogP contribution in [0.3, 0.4) is 0 Å². The second-order valence-corrected chi connectivity index (χ2v) is 5.90. The topological polar surface area (TPSA) is 81.5 Å². The molecule has 0 aliphatic rings. The predicted octanol–water partition coefficient (Wildman–Crippen LogP) is 4.62. The summed E-state index contributed by atoms with van der Waals surface area (Å²) in [4.78, 5) is 22.4. The number of ether oxygens (including phenoxy) is 1. The molecule has 1 amide bonds. The van der Waals surface area contributed by atoms with Gasteiger partial charge in [-0.1, -0.05) is 23.2 Å². The summed E-state index contributed by atoms with van der Waals surface area (Å²) in [6, 6.07) is 8.84. The molecule has 24 heavy (non-hydrogen) atoms. The van der Waals surface area contributed by atoms with Crippen molar-refractivity contribution in [2.24, 2.45) is 0 Å². The summed E-state index contributed by atoms with van der Waals surface area (Å²) in [6.07, 6.45) is -0.832. The van der Waals surface area contributed by atoms with Crippen LogP contribution in [0, 0.1) is 17.0 Å². The number of halogens is 2. The normalized spacial score (nSPS) is 11.7. The largest absolute Gasteiger partial charge is 0.481 e. The van der Waals surface area contributed by atoms with Crippen LogP contribution < -0.4 is 10.1 Å². The number of anilines is 1. The number of amides is 1.